The minimum atomic E-state index is -4.01. The number of halogens is 1. The van der Waals surface area contributed by atoms with E-state index < -0.39 is 28.4 Å². The molecule has 1 heterocycles. The fourth-order valence-electron chi connectivity index (χ4n) is 2.59. The van der Waals surface area contributed by atoms with Crippen molar-refractivity contribution in [3.8, 4) is 0 Å². The van der Waals surface area contributed by atoms with Crippen LogP contribution >= 0.6 is 0 Å². The highest BCUT2D eigenvalue weighted by Gasteiger charge is 2.41. The number of hydrogen-bond donors (Lipinski definition) is 1. The predicted molar refractivity (Wildman–Crippen MR) is 87.6 cm³/mol. The van der Waals surface area contributed by atoms with Crippen molar-refractivity contribution in [3.63, 3.8) is 0 Å². The number of nitrogens with zero attached hydrogens (tertiary/aromatic N) is 1. The van der Waals surface area contributed by atoms with Gasteiger partial charge in [-0.2, -0.15) is 0 Å². The number of carbonyl (C=O) groups is 2. The number of fused-ring (bicyclic) bond motifs is 1. The van der Waals surface area contributed by atoms with Crippen LogP contribution in [0.25, 0.3) is 0 Å². The van der Waals surface area contributed by atoms with Crippen molar-refractivity contribution >= 4 is 21.8 Å². The van der Waals surface area contributed by atoms with E-state index in [0.717, 1.165) is 0 Å². The van der Waals surface area contributed by atoms with Crippen LogP contribution in [0.4, 0.5) is 4.39 Å². The van der Waals surface area contributed by atoms with Crippen LogP contribution in [0.15, 0.2) is 47.4 Å². The van der Waals surface area contributed by atoms with Crippen molar-refractivity contribution in [1.29, 1.82) is 0 Å². The third-order valence-corrected chi connectivity index (χ3v) is 5.70. The van der Waals surface area contributed by atoms with Crippen molar-refractivity contribution in [2.24, 2.45) is 0 Å². The average Bonchev–Trinajstić information content (AvgIpc) is 2.77. The number of carbonyl (C=O) groups excluding carboxylic acids is 2. The first-order valence-corrected chi connectivity index (χ1v) is 8.92. The van der Waals surface area contributed by atoms with E-state index in [0.29, 0.717) is 15.4 Å². The van der Waals surface area contributed by atoms with Crippen LogP contribution in [0.5, 0.6) is 0 Å². The SMILES string of the molecule is Cc1cc(CNC(=O)CN2C(=O)c3ccccc3S2(=O)=O)ccc1F. The lowest BCUT2D eigenvalue weighted by Gasteiger charge is -2.15. The molecule has 3 rings (SSSR count). The van der Waals surface area contributed by atoms with Crippen LogP contribution in [0, 0.1) is 12.7 Å². The van der Waals surface area contributed by atoms with Crippen LogP contribution in [-0.2, 0) is 21.4 Å². The molecule has 2 aromatic carbocycles. The van der Waals surface area contributed by atoms with E-state index in [1.165, 1.54) is 30.3 Å². The molecule has 0 aromatic heterocycles. The van der Waals surface area contributed by atoms with Crippen molar-refractivity contribution < 1.29 is 22.4 Å². The summed E-state index contributed by atoms with van der Waals surface area (Å²) >= 11 is 0. The Kier molecular flexibility index (Phi) is 4.30. The molecule has 0 saturated carbocycles. The van der Waals surface area contributed by atoms with Gasteiger partial charge in [-0.3, -0.25) is 9.59 Å². The maximum Gasteiger partial charge on any atom is 0.269 e. The van der Waals surface area contributed by atoms with Crippen LogP contribution < -0.4 is 5.32 Å². The second-order valence-corrected chi connectivity index (χ2v) is 7.50. The number of sulfonamides is 1. The van der Waals surface area contributed by atoms with Crippen molar-refractivity contribution in [2.45, 2.75) is 18.4 Å². The van der Waals surface area contributed by atoms with Gasteiger partial charge in [0.25, 0.3) is 15.9 Å². The van der Waals surface area contributed by atoms with Gasteiger partial charge >= 0.3 is 0 Å². The largest absolute Gasteiger partial charge is 0.350 e. The molecular weight excluding hydrogens is 347 g/mol. The molecule has 25 heavy (non-hydrogen) atoms. The van der Waals surface area contributed by atoms with E-state index in [9.17, 15) is 22.4 Å². The van der Waals surface area contributed by atoms with Crippen molar-refractivity contribution in [2.75, 3.05) is 6.54 Å². The molecule has 0 saturated heterocycles. The zero-order chi connectivity index (χ0) is 18.2. The Bertz CT molecular complexity index is 972. The van der Waals surface area contributed by atoms with Gasteiger partial charge in [0, 0.05) is 6.54 Å². The van der Waals surface area contributed by atoms with Gasteiger partial charge in [-0.05, 0) is 36.2 Å². The summed E-state index contributed by atoms with van der Waals surface area (Å²) in [6.45, 7) is 1.11. The van der Waals surface area contributed by atoms with Gasteiger partial charge in [0.15, 0.2) is 0 Å². The molecule has 1 aliphatic rings. The van der Waals surface area contributed by atoms with E-state index in [-0.39, 0.29) is 22.8 Å². The summed E-state index contributed by atoms with van der Waals surface area (Å²) in [7, 11) is -4.01. The van der Waals surface area contributed by atoms with Crippen LogP contribution in [0.3, 0.4) is 0 Å². The molecule has 1 N–H and O–H groups in total. The third-order valence-electron chi connectivity index (χ3n) is 3.91. The molecule has 8 heteroatoms. The quantitative estimate of drug-likeness (QED) is 0.895. The molecule has 0 bridgehead atoms. The summed E-state index contributed by atoms with van der Waals surface area (Å²) in [5, 5.41) is 2.54. The Labute approximate surface area is 144 Å². The lowest BCUT2D eigenvalue weighted by Crippen LogP contribution is -2.40. The van der Waals surface area contributed by atoms with Crippen molar-refractivity contribution in [1.82, 2.24) is 9.62 Å². The molecule has 0 fully saturated rings. The fraction of sp³-hybridized carbons (Fsp3) is 0.176. The maximum atomic E-state index is 13.2. The Balaban J connectivity index is 1.69. The number of nitrogens with one attached hydrogen (secondary N) is 1. The Morgan fingerprint density at radius 1 is 1.20 bits per heavy atom. The maximum absolute atomic E-state index is 13.2. The van der Waals surface area contributed by atoms with Gasteiger partial charge in [-0.1, -0.05) is 24.3 Å². The summed E-state index contributed by atoms with van der Waals surface area (Å²) in [6.07, 6.45) is 0. The molecule has 1 aliphatic heterocycles. The van der Waals surface area contributed by atoms with Gasteiger partial charge in [-0.25, -0.2) is 17.1 Å². The zero-order valence-corrected chi connectivity index (χ0v) is 14.1. The molecule has 0 radical (unpaired) electrons. The average molecular weight is 362 g/mol. The predicted octanol–water partition coefficient (Wildman–Crippen LogP) is 1.60. The Hall–Kier alpha value is -2.74. The van der Waals surface area contributed by atoms with Gasteiger partial charge in [0.2, 0.25) is 5.91 Å². The molecule has 0 unspecified atom stereocenters. The van der Waals surface area contributed by atoms with E-state index in [4.69, 9.17) is 0 Å². The molecule has 2 amide bonds. The third kappa shape index (κ3) is 3.12. The summed E-state index contributed by atoms with van der Waals surface area (Å²) < 4.78 is 38.5. The first-order chi connectivity index (χ1) is 11.8. The summed E-state index contributed by atoms with van der Waals surface area (Å²) in [5.41, 5.74) is 1.18. The second kappa shape index (κ2) is 6.29. The molecule has 6 nitrogen and oxygen atoms in total. The lowest BCUT2D eigenvalue weighted by atomic mass is 10.1. The monoisotopic (exact) mass is 362 g/mol. The molecular formula is C17H15FN2O4S. The van der Waals surface area contributed by atoms with Crippen LogP contribution in [-0.4, -0.2) is 31.1 Å². The van der Waals surface area contributed by atoms with E-state index in [1.54, 1.807) is 19.1 Å². The highest BCUT2D eigenvalue weighted by Crippen LogP contribution is 2.29. The molecule has 0 spiro atoms. The number of amides is 2. The molecule has 2 aromatic rings. The minimum Gasteiger partial charge on any atom is -0.350 e. The summed E-state index contributed by atoms with van der Waals surface area (Å²) in [6, 6.07) is 10.2. The molecule has 130 valence electrons. The zero-order valence-electron chi connectivity index (χ0n) is 13.3. The highest BCUT2D eigenvalue weighted by molar-refractivity contribution is 7.90. The smallest absolute Gasteiger partial charge is 0.269 e. The fourth-order valence-corrected chi connectivity index (χ4v) is 4.12. The van der Waals surface area contributed by atoms with Gasteiger partial charge in [0.05, 0.1) is 5.56 Å². The standard InChI is InChI=1S/C17H15FN2O4S/c1-11-8-12(6-7-14(11)18)9-19-16(21)10-20-17(22)13-4-2-3-5-15(13)25(20,23)24/h2-8H,9-10H2,1H3,(H,19,21). The Morgan fingerprint density at radius 2 is 1.92 bits per heavy atom. The van der Waals surface area contributed by atoms with Gasteiger partial charge in [0.1, 0.15) is 17.3 Å². The topological polar surface area (TPSA) is 83.6 Å². The number of rotatable bonds is 4. The number of hydrogen-bond acceptors (Lipinski definition) is 4. The van der Waals surface area contributed by atoms with E-state index in [2.05, 4.69) is 5.32 Å². The normalized spacial score (nSPS) is 15.1. The summed E-state index contributed by atoms with van der Waals surface area (Å²) in [4.78, 5) is 24.2. The molecule has 0 aliphatic carbocycles. The number of aryl methyl sites for hydroxylation is 1. The van der Waals surface area contributed by atoms with Gasteiger partial charge in [-0.15, -0.1) is 0 Å². The Morgan fingerprint density at radius 3 is 2.60 bits per heavy atom. The van der Waals surface area contributed by atoms with Crippen LogP contribution in [0.2, 0.25) is 0 Å². The second-order valence-electron chi connectivity index (χ2n) is 5.67. The highest BCUT2D eigenvalue weighted by atomic mass is 32.2. The lowest BCUT2D eigenvalue weighted by molar-refractivity contribution is -0.121. The minimum absolute atomic E-state index is 0.0597. The number of benzene rings is 2. The first-order valence-electron chi connectivity index (χ1n) is 7.48. The van der Waals surface area contributed by atoms with Crippen molar-refractivity contribution in [3.05, 3.63) is 65.0 Å². The van der Waals surface area contributed by atoms with Gasteiger partial charge < -0.3 is 5.32 Å². The first kappa shape index (κ1) is 17.1. The van der Waals surface area contributed by atoms with Crippen LogP contribution in [0.1, 0.15) is 21.5 Å². The van der Waals surface area contributed by atoms with E-state index >= 15 is 0 Å². The van der Waals surface area contributed by atoms with E-state index in [1.807, 2.05) is 0 Å². The summed E-state index contributed by atoms with van der Waals surface area (Å²) in [5.74, 6) is -1.68. The molecule has 0 atom stereocenters.